The molecule has 5 heteroatoms. The van der Waals surface area contributed by atoms with E-state index in [0.717, 1.165) is 16.5 Å². The highest BCUT2D eigenvalue weighted by Gasteiger charge is 2.34. The minimum absolute atomic E-state index is 0.0532. The summed E-state index contributed by atoms with van der Waals surface area (Å²) >= 11 is 9.48. The molecule has 2 atom stereocenters. The van der Waals surface area contributed by atoms with E-state index in [0.29, 0.717) is 11.6 Å². The fourth-order valence-electron chi connectivity index (χ4n) is 2.10. The number of carboxylic acids is 1. The van der Waals surface area contributed by atoms with Crippen LogP contribution >= 0.6 is 27.5 Å². The zero-order chi connectivity index (χ0) is 11.7. The first-order valence-corrected chi connectivity index (χ1v) is 6.18. The molecule has 1 heterocycles. The zero-order valence-electron chi connectivity index (χ0n) is 8.41. The van der Waals surface area contributed by atoms with E-state index < -0.39 is 12.0 Å². The molecule has 1 fully saturated rings. The minimum atomic E-state index is -0.821. The molecule has 0 saturated carbocycles. The maximum absolute atomic E-state index is 11.1. The summed E-state index contributed by atoms with van der Waals surface area (Å²) < 4.78 is 0.919. The van der Waals surface area contributed by atoms with Crippen LogP contribution in [0, 0.1) is 0 Å². The van der Waals surface area contributed by atoms with Gasteiger partial charge in [-0.1, -0.05) is 27.5 Å². The number of hydrogen-bond acceptors (Lipinski definition) is 2. The van der Waals surface area contributed by atoms with Gasteiger partial charge in [-0.05, 0) is 36.7 Å². The summed E-state index contributed by atoms with van der Waals surface area (Å²) in [4.78, 5) is 11.1. The van der Waals surface area contributed by atoms with Crippen molar-refractivity contribution in [2.24, 2.45) is 0 Å². The SMILES string of the molecule is O=C(O)C1NCCC1c1cc(Br)ccc1Cl. The predicted octanol–water partition coefficient (Wildman–Crippen LogP) is 2.63. The average Bonchev–Trinajstić information content (AvgIpc) is 2.70. The number of carboxylic acid groups (broad SMARTS) is 1. The molecule has 0 bridgehead atoms. The van der Waals surface area contributed by atoms with Crippen LogP contribution in [-0.2, 0) is 4.79 Å². The number of nitrogens with one attached hydrogen (secondary N) is 1. The van der Waals surface area contributed by atoms with Crippen molar-refractivity contribution in [3.63, 3.8) is 0 Å². The lowest BCUT2D eigenvalue weighted by molar-refractivity contribution is -0.139. The van der Waals surface area contributed by atoms with Gasteiger partial charge in [-0.25, -0.2) is 0 Å². The topological polar surface area (TPSA) is 49.3 Å². The van der Waals surface area contributed by atoms with Gasteiger partial charge in [0.1, 0.15) is 6.04 Å². The van der Waals surface area contributed by atoms with Crippen molar-refractivity contribution >= 4 is 33.5 Å². The van der Waals surface area contributed by atoms with Crippen LogP contribution in [0.25, 0.3) is 0 Å². The maximum Gasteiger partial charge on any atom is 0.321 e. The van der Waals surface area contributed by atoms with Crippen LogP contribution in [0.4, 0.5) is 0 Å². The molecule has 1 aliphatic heterocycles. The highest BCUT2D eigenvalue weighted by molar-refractivity contribution is 9.10. The fourth-order valence-corrected chi connectivity index (χ4v) is 2.73. The van der Waals surface area contributed by atoms with Gasteiger partial charge in [0.15, 0.2) is 0 Å². The van der Waals surface area contributed by atoms with Crippen molar-refractivity contribution < 1.29 is 9.90 Å². The van der Waals surface area contributed by atoms with Gasteiger partial charge in [-0.15, -0.1) is 0 Å². The molecule has 86 valence electrons. The molecule has 1 aromatic carbocycles. The van der Waals surface area contributed by atoms with E-state index >= 15 is 0 Å². The van der Waals surface area contributed by atoms with Crippen molar-refractivity contribution in [1.29, 1.82) is 0 Å². The number of hydrogen-bond donors (Lipinski definition) is 2. The summed E-state index contributed by atoms with van der Waals surface area (Å²) in [5.41, 5.74) is 0.897. The highest BCUT2D eigenvalue weighted by Crippen LogP contribution is 2.34. The van der Waals surface area contributed by atoms with Gasteiger partial charge < -0.3 is 10.4 Å². The van der Waals surface area contributed by atoms with Gasteiger partial charge in [-0.2, -0.15) is 0 Å². The molecule has 0 aromatic heterocycles. The Balaban J connectivity index is 2.35. The van der Waals surface area contributed by atoms with Gasteiger partial charge in [-0.3, -0.25) is 4.79 Å². The Kier molecular flexibility index (Phi) is 3.52. The van der Waals surface area contributed by atoms with Crippen molar-refractivity contribution in [2.45, 2.75) is 18.4 Å². The Morgan fingerprint density at radius 1 is 1.56 bits per heavy atom. The summed E-state index contributed by atoms with van der Waals surface area (Å²) in [5, 5.41) is 12.7. The maximum atomic E-state index is 11.1. The third-order valence-electron chi connectivity index (χ3n) is 2.85. The van der Waals surface area contributed by atoms with E-state index in [1.165, 1.54) is 0 Å². The molecular weight excluding hydrogens is 293 g/mol. The summed E-state index contributed by atoms with van der Waals surface area (Å²) in [6.07, 6.45) is 0.799. The Hall–Kier alpha value is -0.580. The third kappa shape index (κ3) is 2.24. The lowest BCUT2D eigenvalue weighted by atomic mass is 9.92. The van der Waals surface area contributed by atoms with Gasteiger partial charge in [0, 0.05) is 15.4 Å². The van der Waals surface area contributed by atoms with E-state index in [1.807, 2.05) is 12.1 Å². The van der Waals surface area contributed by atoms with Crippen LogP contribution < -0.4 is 5.32 Å². The summed E-state index contributed by atoms with van der Waals surface area (Å²) in [6.45, 7) is 0.713. The number of aliphatic carboxylic acids is 1. The van der Waals surface area contributed by atoms with Crippen LogP contribution in [0.2, 0.25) is 5.02 Å². The summed E-state index contributed by atoms with van der Waals surface area (Å²) in [6, 6.07) is 5.00. The van der Waals surface area contributed by atoms with Gasteiger partial charge in [0.2, 0.25) is 0 Å². The van der Waals surface area contributed by atoms with Crippen LogP contribution in [0.3, 0.4) is 0 Å². The Labute approximate surface area is 107 Å². The molecule has 2 unspecified atom stereocenters. The monoisotopic (exact) mass is 303 g/mol. The molecule has 1 aromatic rings. The number of benzene rings is 1. The van der Waals surface area contributed by atoms with Crippen molar-refractivity contribution in [2.75, 3.05) is 6.54 Å². The molecule has 2 rings (SSSR count). The van der Waals surface area contributed by atoms with Gasteiger partial charge >= 0.3 is 5.97 Å². The van der Waals surface area contributed by atoms with Crippen molar-refractivity contribution in [3.8, 4) is 0 Å². The molecule has 1 saturated heterocycles. The first-order valence-electron chi connectivity index (χ1n) is 5.00. The molecule has 0 spiro atoms. The highest BCUT2D eigenvalue weighted by atomic mass is 79.9. The lowest BCUT2D eigenvalue weighted by Gasteiger charge is -2.17. The number of carbonyl (C=O) groups is 1. The molecule has 2 N–H and O–H groups in total. The van der Waals surface area contributed by atoms with E-state index in [4.69, 9.17) is 16.7 Å². The van der Waals surface area contributed by atoms with Crippen LogP contribution in [-0.4, -0.2) is 23.7 Å². The zero-order valence-corrected chi connectivity index (χ0v) is 10.8. The predicted molar refractivity (Wildman–Crippen MR) is 65.9 cm³/mol. The van der Waals surface area contributed by atoms with E-state index in [9.17, 15) is 4.79 Å². The van der Waals surface area contributed by atoms with Crippen LogP contribution in [0.5, 0.6) is 0 Å². The molecular formula is C11H11BrClNO2. The molecule has 0 amide bonds. The van der Waals surface area contributed by atoms with E-state index in [2.05, 4.69) is 21.2 Å². The molecule has 3 nitrogen and oxygen atoms in total. The normalized spacial score (nSPS) is 24.6. The Bertz CT molecular complexity index is 424. The van der Waals surface area contributed by atoms with E-state index in [-0.39, 0.29) is 5.92 Å². The Morgan fingerprint density at radius 2 is 2.31 bits per heavy atom. The fraction of sp³-hybridized carbons (Fsp3) is 0.364. The largest absolute Gasteiger partial charge is 0.480 e. The second kappa shape index (κ2) is 4.73. The van der Waals surface area contributed by atoms with Crippen LogP contribution in [0.15, 0.2) is 22.7 Å². The minimum Gasteiger partial charge on any atom is -0.480 e. The number of halogens is 2. The average molecular weight is 305 g/mol. The standard InChI is InChI=1S/C11H11BrClNO2/c12-6-1-2-9(13)8(5-6)7-3-4-14-10(7)11(15)16/h1-2,5,7,10,14H,3-4H2,(H,15,16). The second-order valence-corrected chi connectivity index (χ2v) is 5.15. The summed E-state index contributed by atoms with van der Waals surface area (Å²) in [5.74, 6) is -0.874. The van der Waals surface area contributed by atoms with Crippen molar-refractivity contribution in [1.82, 2.24) is 5.32 Å². The third-order valence-corrected chi connectivity index (χ3v) is 3.68. The number of rotatable bonds is 2. The van der Waals surface area contributed by atoms with Gasteiger partial charge in [0.05, 0.1) is 0 Å². The molecule has 16 heavy (non-hydrogen) atoms. The second-order valence-electron chi connectivity index (χ2n) is 3.83. The molecule has 1 aliphatic rings. The van der Waals surface area contributed by atoms with E-state index in [1.54, 1.807) is 6.07 Å². The smallest absolute Gasteiger partial charge is 0.321 e. The van der Waals surface area contributed by atoms with Crippen molar-refractivity contribution in [3.05, 3.63) is 33.3 Å². The summed E-state index contributed by atoms with van der Waals surface area (Å²) in [7, 11) is 0. The Morgan fingerprint density at radius 3 is 3.00 bits per heavy atom. The quantitative estimate of drug-likeness (QED) is 0.883. The van der Waals surface area contributed by atoms with Gasteiger partial charge in [0.25, 0.3) is 0 Å². The lowest BCUT2D eigenvalue weighted by Crippen LogP contribution is -2.34. The molecule has 0 aliphatic carbocycles. The molecule has 0 radical (unpaired) electrons. The van der Waals surface area contributed by atoms with Crippen LogP contribution in [0.1, 0.15) is 17.9 Å². The first-order chi connectivity index (χ1) is 7.59. The first kappa shape index (κ1) is 11.9.